The smallest absolute Gasteiger partial charge is 0.0540 e. The standard InChI is InChI=1S/C29H60OS4/c1-3-5-17-23-31-27-33-25-19-13-9-7-11-15-21-29(30)22-16-12-8-10-14-20-26-34-28-32-24-18-6-4-2/h29-30H,3-28H2,1-2H3. The molecule has 0 fully saturated rings. The Labute approximate surface area is 232 Å². The third-order valence-electron chi connectivity index (χ3n) is 6.27. The molecule has 0 amide bonds. The summed E-state index contributed by atoms with van der Waals surface area (Å²) in [6, 6.07) is 0. The summed E-state index contributed by atoms with van der Waals surface area (Å²) in [6.45, 7) is 4.56. The van der Waals surface area contributed by atoms with Gasteiger partial charge in [-0.25, -0.2) is 0 Å². The van der Waals surface area contributed by atoms with E-state index in [9.17, 15) is 5.11 Å². The molecule has 0 atom stereocenters. The van der Waals surface area contributed by atoms with E-state index in [1.807, 2.05) is 0 Å². The van der Waals surface area contributed by atoms with Gasteiger partial charge >= 0.3 is 0 Å². The molecule has 0 aliphatic rings. The first kappa shape index (κ1) is 35.4. The summed E-state index contributed by atoms with van der Waals surface area (Å²) in [5.41, 5.74) is 0. The van der Waals surface area contributed by atoms with Gasteiger partial charge < -0.3 is 5.11 Å². The van der Waals surface area contributed by atoms with Crippen LogP contribution in [0.1, 0.15) is 142 Å². The van der Waals surface area contributed by atoms with Crippen molar-refractivity contribution in [2.24, 2.45) is 0 Å². The van der Waals surface area contributed by atoms with Crippen molar-refractivity contribution in [2.45, 2.75) is 148 Å². The van der Waals surface area contributed by atoms with Crippen LogP contribution in [0.4, 0.5) is 0 Å². The van der Waals surface area contributed by atoms with Crippen LogP contribution >= 0.6 is 47.0 Å². The van der Waals surface area contributed by atoms with Crippen LogP contribution in [0.2, 0.25) is 0 Å². The lowest BCUT2D eigenvalue weighted by molar-refractivity contribution is 0.147. The van der Waals surface area contributed by atoms with Crippen molar-refractivity contribution >= 4 is 47.0 Å². The number of hydrogen-bond acceptors (Lipinski definition) is 5. The maximum Gasteiger partial charge on any atom is 0.0540 e. The predicted molar refractivity (Wildman–Crippen MR) is 169 cm³/mol. The SMILES string of the molecule is CCCCCSCSCCCCCCCCC(O)CCCCCCCCSCSCCCCC. The molecule has 0 bridgehead atoms. The van der Waals surface area contributed by atoms with Gasteiger partial charge in [0.25, 0.3) is 0 Å². The van der Waals surface area contributed by atoms with Crippen LogP contribution in [0, 0.1) is 0 Å². The molecule has 5 heteroatoms. The van der Waals surface area contributed by atoms with Gasteiger partial charge in [0, 0.05) is 10.2 Å². The topological polar surface area (TPSA) is 20.2 Å². The van der Waals surface area contributed by atoms with Crippen LogP contribution in [0.15, 0.2) is 0 Å². The summed E-state index contributed by atoms with van der Waals surface area (Å²) in [4.78, 5) is 0. The summed E-state index contributed by atoms with van der Waals surface area (Å²) >= 11 is 8.51. The summed E-state index contributed by atoms with van der Waals surface area (Å²) in [7, 11) is 0. The van der Waals surface area contributed by atoms with Crippen LogP contribution < -0.4 is 0 Å². The average molecular weight is 553 g/mol. The molecule has 0 aromatic heterocycles. The Morgan fingerprint density at radius 1 is 0.412 bits per heavy atom. The third-order valence-corrected chi connectivity index (χ3v) is 11.2. The minimum absolute atomic E-state index is 0.0440. The number of thioether (sulfide) groups is 4. The summed E-state index contributed by atoms with van der Waals surface area (Å²) < 4.78 is 0. The lowest BCUT2D eigenvalue weighted by Gasteiger charge is -2.10. The molecule has 0 spiro atoms. The van der Waals surface area contributed by atoms with Crippen LogP contribution in [-0.4, -0.2) is 44.4 Å². The largest absolute Gasteiger partial charge is 0.393 e. The van der Waals surface area contributed by atoms with Crippen molar-refractivity contribution in [1.29, 1.82) is 0 Å². The first-order valence-corrected chi connectivity index (χ1v) is 19.4. The fourth-order valence-electron chi connectivity index (χ4n) is 3.99. The van der Waals surface area contributed by atoms with E-state index in [1.165, 1.54) is 149 Å². The normalized spacial score (nSPS) is 11.6. The zero-order chi connectivity index (χ0) is 24.8. The van der Waals surface area contributed by atoms with E-state index in [0.717, 1.165) is 12.8 Å². The van der Waals surface area contributed by atoms with Gasteiger partial charge in [-0.05, 0) is 61.5 Å². The molecule has 0 saturated carbocycles. The van der Waals surface area contributed by atoms with E-state index < -0.39 is 0 Å². The van der Waals surface area contributed by atoms with Crippen molar-refractivity contribution < 1.29 is 5.11 Å². The highest BCUT2D eigenvalue weighted by atomic mass is 32.2. The molecule has 34 heavy (non-hydrogen) atoms. The second-order valence-electron chi connectivity index (χ2n) is 9.76. The van der Waals surface area contributed by atoms with Gasteiger partial charge in [-0.15, -0.1) is 0 Å². The number of hydrogen-bond donors (Lipinski definition) is 1. The molecule has 0 aromatic carbocycles. The molecule has 1 nitrogen and oxygen atoms in total. The zero-order valence-corrected chi connectivity index (χ0v) is 26.3. The van der Waals surface area contributed by atoms with Gasteiger partial charge in [-0.3, -0.25) is 0 Å². The number of unbranched alkanes of at least 4 members (excludes halogenated alkanes) is 14. The van der Waals surface area contributed by atoms with Crippen LogP contribution in [0.5, 0.6) is 0 Å². The molecule has 1 N–H and O–H groups in total. The van der Waals surface area contributed by atoms with E-state index in [1.54, 1.807) is 0 Å². The Morgan fingerprint density at radius 3 is 1.06 bits per heavy atom. The van der Waals surface area contributed by atoms with Crippen LogP contribution in [-0.2, 0) is 0 Å². The fourth-order valence-corrected chi connectivity index (χ4v) is 8.45. The Hall–Kier alpha value is 1.36. The van der Waals surface area contributed by atoms with Crippen molar-refractivity contribution in [3.8, 4) is 0 Å². The maximum atomic E-state index is 10.2. The van der Waals surface area contributed by atoms with Gasteiger partial charge in [-0.2, -0.15) is 47.0 Å². The lowest BCUT2D eigenvalue weighted by Crippen LogP contribution is -2.05. The Morgan fingerprint density at radius 2 is 0.706 bits per heavy atom. The molecular formula is C29H60OS4. The number of rotatable bonds is 30. The molecule has 0 aromatic rings. The predicted octanol–water partition coefficient (Wildman–Crippen LogP) is 11.0. The zero-order valence-electron chi connectivity index (χ0n) is 23.0. The molecule has 0 saturated heterocycles. The van der Waals surface area contributed by atoms with Gasteiger partial charge in [0.15, 0.2) is 0 Å². The Balaban J connectivity index is 3.13. The maximum absolute atomic E-state index is 10.2. The van der Waals surface area contributed by atoms with E-state index in [0.29, 0.717) is 0 Å². The highest BCUT2D eigenvalue weighted by Gasteiger charge is 2.04. The summed E-state index contributed by atoms with van der Waals surface area (Å²) in [5, 5.41) is 12.8. The Bertz CT molecular complexity index is 325. The van der Waals surface area contributed by atoms with Crippen molar-refractivity contribution in [3.63, 3.8) is 0 Å². The monoisotopic (exact) mass is 552 g/mol. The molecule has 0 heterocycles. The molecule has 0 radical (unpaired) electrons. The highest BCUT2D eigenvalue weighted by Crippen LogP contribution is 2.19. The minimum atomic E-state index is -0.0440. The first-order chi connectivity index (χ1) is 16.8. The number of aliphatic hydroxyl groups is 1. The van der Waals surface area contributed by atoms with Gasteiger partial charge in [0.2, 0.25) is 0 Å². The average Bonchev–Trinajstić information content (AvgIpc) is 2.84. The van der Waals surface area contributed by atoms with Crippen molar-refractivity contribution in [1.82, 2.24) is 0 Å². The van der Waals surface area contributed by atoms with E-state index in [2.05, 4.69) is 60.9 Å². The number of aliphatic hydroxyl groups excluding tert-OH is 1. The summed E-state index contributed by atoms with van der Waals surface area (Å²) in [6.07, 6.45) is 26.4. The minimum Gasteiger partial charge on any atom is -0.393 e. The van der Waals surface area contributed by atoms with Crippen molar-refractivity contribution in [3.05, 3.63) is 0 Å². The third kappa shape index (κ3) is 31.4. The second kappa shape index (κ2) is 32.4. The summed E-state index contributed by atoms with van der Waals surface area (Å²) in [5.74, 6) is 5.39. The fraction of sp³-hybridized carbons (Fsp3) is 1.00. The van der Waals surface area contributed by atoms with Crippen LogP contribution in [0.25, 0.3) is 0 Å². The molecule has 0 aliphatic heterocycles. The van der Waals surface area contributed by atoms with Gasteiger partial charge in [0.05, 0.1) is 6.10 Å². The quantitative estimate of drug-likeness (QED) is 0.0704. The van der Waals surface area contributed by atoms with E-state index >= 15 is 0 Å². The molecule has 0 rings (SSSR count). The first-order valence-electron chi connectivity index (χ1n) is 14.8. The lowest BCUT2D eigenvalue weighted by atomic mass is 10.0. The molecular weight excluding hydrogens is 493 g/mol. The van der Waals surface area contributed by atoms with Crippen molar-refractivity contribution in [2.75, 3.05) is 33.2 Å². The highest BCUT2D eigenvalue weighted by molar-refractivity contribution is 8.16. The van der Waals surface area contributed by atoms with Gasteiger partial charge in [0.1, 0.15) is 0 Å². The Kier molecular flexibility index (Phi) is 33.7. The second-order valence-corrected chi connectivity index (χ2v) is 14.9. The van der Waals surface area contributed by atoms with Gasteiger partial charge in [-0.1, -0.05) is 104 Å². The molecule has 0 unspecified atom stereocenters. The molecule has 0 aliphatic carbocycles. The van der Waals surface area contributed by atoms with E-state index in [4.69, 9.17) is 0 Å². The van der Waals surface area contributed by atoms with E-state index in [-0.39, 0.29) is 6.10 Å². The van der Waals surface area contributed by atoms with Crippen LogP contribution in [0.3, 0.4) is 0 Å². The molecule has 206 valence electrons.